The number of phenols is 1. The Morgan fingerprint density at radius 1 is 1.25 bits per heavy atom. The Hall–Kier alpha value is -2.05. The van der Waals surface area contributed by atoms with Gasteiger partial charge in [-0.3, -0.25) is 0 Å². The van der Waals surface area contributed by atoms with Crippen molar-refractivity contribution in [2.24, 2.45) is 0 Å². The summed E-state index contributed by atoms with van der Waals surface area (Å²) in [7, 11) is 1.26. The van der Waals surface area contributed by atoms with E-state index in [1.165, 1.54) is 31.6 Å². The van der Waals surface area contributed by atoms with Gasteiger partial charge in [-0.15, -0.1) is 0 Å². The maximum absolute atomic E-state index is 11.6. The van der Waals surface area contributed by atoms with Gasteiger partial charge in [-0.2, -0.15) is 10.2 Å². The second-order valence-electron chi connectivity index (χ2n) is 3.72. The highest BCUT2D eigenvalue weighted by Crippen LogP contribution is 2.35. The fraction of sp³-hybridized carbons (Fsp3) is 0.0833. The second-order valence-corrected chi connectivity index (χ2v) is 4.54. The Bertz CT molecular complexity index is 641. The van der Waals surface area contributed by atoms with Gasteiger partial charge in [-0.05, 0) is 12.1 Å². The maximum atomic E-state index is 11.6. The normalized spacial score (nSPS) is 10.2. The van der Waals surface area contributed by atoms with Gasteiger partial charge in [0.15, 0.2) is 5.75 Å². The molecule has 104 valence electrons. The van der Waals surface area contributed by atoms with Crippen molar-refractivity contribution in [3.8, 4) is 5.75 Å². The maximum Gasteiger partial charge on any atom is 0.341 e. The molecular weight excluding hydrogens is 305 g/mol. The van der Waals surface area contributed by atoms with Gasteiger partial charge >= 0.3 is 5.97 Å². The molecule has 0 saturated heterocycles. The Morgan fingerprint density at radius 3 is 2.45 bits per heavy atom. The molecule has 0 aliphatic heterocycles. The number of aromatic nitrogens is 2. The zero-order chi connectivity index (χ0) is 14.7. The summed E-state index contributed by atoms with van der Waals surface area (Å²) < 4.78 is 4.64. The van der Waals surface area contributed by atoms with Gasteiger partial charge < -0.3 is 15.2 Å². The van der Waals surface area contributed by atoms with Crippen molar-refractivity contribution in [1.29, 1.82) is 0 Å². The van der Waals surface area contributed by atoms with Crippen molar-refractivity contribution < 1.29 is 14.6 Å². The lowest BCUT2D eigenvalue weighted by Crippen LogP contribution is -2.07. The summed E-state index contributed by atoms with van der Waals surface area (Å²) in [6.45, 7) is 0. The van der Waals surface area contributed by atoms with Crippen molar-refractivity contribution in [1.82, 2.24) is 10.2 Å². The van der Waals surface area contributed by atoms with Crippen LogP contribution in [0.4, 0.5) is 11.4 Å². The number of phenolic OH excluding ortho intramolecular Hbond substituents is 1. The minimum atomic E-state index is -0.557. The second kappa shape index (κ2) is 5.94. The quantitative estimate of drug-likeness (QED) is 0.669. The number of esters is 1. The van der Waals surface area contributed by atoms with Crippen molar-refractivity contribution >= 4 is 40.5 Å². The first-order valence-electron chi connectivity index (χ1n) is 5.37. The molecule has 0 saturated carbocycles. The van der Waals surface area contributed by atoms with Crippen LogP contribution in [0.2, 0.25) is 10.0 Å². The van der Waals surface area contributed by atoms with Crippen molar-refractivity contribution in [3.63, 3.8) is 0 Å². The summed E-state index contributed by atoms with van der Waals surface area (Å²) in [6.07, 6.45) is 2.64. The first-order chi connectivity index (χ1) is 9.52. The van der Waals surface area contributed by atoms with E-state index in [1.54, 1.807) is 0 Å². The van der Waals surface area contributed by atoms with E-state index >= 15 is 0 Å². The summed E-state index contributed by atoms with van der Waals surface area (Å²) in [5, 5.41) is 19.9. The molecule has 0 aliphatic rings. The number of rotatable bonds is 3. The van der Waals surface area contributed by atoms with Gasteiger partial charge in [0.2, 0.25) is 0 Å². The third kappa shape index (κ3) is 2.92. The lowest BCUT2D eigenvalue weighted by Gasteiger charge is -2.11. The number of aromatic hydroxyl groups is 1. The number of ether oxygens (including phenoxy) is 1. The number of anilines is 2. The number of methoxy groups -OCH3 is 1. The highest BCUT2D eigenvalue weighted by molar-refractivity contribution is 6.37. The molecule has 1 aromatic heterocycles. The van der Waals surface area contributed by atoms with E-state index in [0.717, 1.165) is 0 Å². The van der Waals surface area contributed by atoms with Gasteiger partial charge in [0.25, 0.3) is 0 Å². The number of nitrogens with one attached hydrogen (secondary N) is 1. The number of nitrogens with zero attached hydrogens (tertiary/aromatic N) is 2. The minimum Gasteiger partial charge on any atom is -0.505 e. The summed E-state index contributed by atoms with van der Waals surface area (Å²) in [6, 6.07) is 2.93. The number of carbonyl (C=O) groups is 1. The molecule has 0 amide bonds. The molecule has 0 spiro atoms. The van der Waals surface area contributed by atoms with Crippen LogP contribution in [-0.2, 0) is 4.74 Å². The van der Waals surface area contributed by atoms with Gasteiger partial charge in [0, 0.05) is 5.69 Å². The smallest absolute Gasteiger partial charge is 0.341 e. The molecule has 8 heteroatoms. The van der Waals surface area contributed by atoms with E-state index in [0.29, 0.717) is 11.4 Å². The average Bonchev–Trinajstić information content (AvgIpc) is 2.44. The molecule has 0 unspecified atom stereocenters. The predicted octanol–water partition coefficient (Wildman–Crippen LogP) is 3.02. The molecule has 0 atom stereocenters. The third-order valence-corrected chi connectivity index (χ3v) is 3.01. The molecular formula is C12H9Cl2N3O3. The number of carbonyl (C=O) groups excluding carboxylic acids is 1. The molecule has 0 aliphatic carbocycles. The molecule has 1 heterocycles. The Kier molecular flexibility index (Phi) is 4.26. The molecule has 1 aromatic carbocycles. The first-order valence-corrected chi connectivity index (χ1v) is 6.12. The highest BCUT2D eigenvalue weighted by atomic mass is 35.5. The van der Waals surface area contributed by atoms with Crippen LogP contribution in [0.1, 0.15) is 10.4 Å². The van der Waals surface area contributed by atoms with Crippen molar-refractivity contribution in [2.75, 3.05) is 12.4 Å². The number of benzene rings is 1. The third-order valence-electron chi connectivity index (χ3n) is 2.43. The van der Waals surface area contributed by atoms with E-state index in [9.17, 15) is 9.90 Å². The predicted molar refractivity (Wildman–Crippen MR) is 74.8 cm³/mol. The zero-order valence-electron chi connectivity index (χ0n) is 10.2. The van der Waals surface area contributed by atoms with E-state index in [1.807, 2.05) is 0 Å². The van der Waals surface area contributed by atoms with Crippen LogP contribution in [-0.4, -0.2) is 28.4 Å². The van der Waals surface area contributed by atoms with E-state index in [4.69, 9.17) is 23.2 Å². The number of hydrogen-bond acceptors (Lipinski definition) is 6. The van der Waals surface area contributed by atoms with Crippen molar-refractivity contribution in [3.05, 3.63) is 40.1 Å². The van der Waals surface area contributed by atoms with Gasteiger partial charge in [0.05, 0.1) is 35.2 Å². The first kappa shape index (κ1) is 14.4. The SMILES string of the molecule is COC(=O)c1cnncc1Nc1cc(Cl)c(O)c(Cl)c1. The Labute approximate surface area is 124 Å². The monoisotopic (exact) mass is 313 g/mol. The standard InChI is InChI=1S/C12H9Cl2N3O3/c1-20-12(19)7-4-15-16-5-10(7)17-6-2-8(13)11(18)9(14)3-6/h2-5,18H,1H3,(H,15,17). The fourth-order valence-corrected chi connectivity index (χ4v) is 1.97. The van der Waals surface area contributed by atoms with Crippen LogP contribution >= 0.6 is 23.2 Å². The van der Waals surface area contributed by atoms with Crippen molar-refractivity contribution in [2.45, 2.75) is 0 Å². The van der Waals surface area contributed by atoms with Crippen LogP contribution in [0.15, 0.2) is 24.5 Å². The Morgan fingerprint density at radius 2 is 1.85 bits per heavy atom. The van der Waals surface area contributed by atoms with Crippen LogP contribution in [0.3, 0.4) is 0 Å². The lowest BCUT2D eigenvalue weighted by atomic mass is 10.2. The summed E-state index contributed by atoms with van der Waals surface area (Å²) >= 11 is 11.6. The van der Waals surface area contributed by atoms with E-state index in [2.05, 4.69) is 20.3 Å². The summed E-state index contributed by atoms with van der Waals surface area (Å²) in [5.74, 6) is -0.765. The van der Waals surface area contributed by atoms with E-state index < -0.39 is 5.97 Å². The molecule has 0 bridgehead atoms. The molecule has 0 fully saturated rings. The molecule has 20 heavy (non-hydrogen) atoms. The molecule has 0 radical (unpaired) electrons. The van der Waals surface area contributed by atoms with E-state index in [-0.39, 0.29) is 21.4 Å². The largest absolute Gasteiger partial charge is 0.505 e. The Balaban J connectivity index is 2.38. The fourth-order valence-electron chi connectivity index (χ4n) is 1.49. The summed E-state index contributed by atoms with van der Waals surface area (Å²) in [5.41, 5.74) is 1.07. The molecule has 2 aromatic rings. The molecule has 2 N–H and O–H groups in total. The highest BCUT2D eigenvalue weighted by Gasteiger charge is 2.14. The summed E-state index contributed by atoms with van der Waals surface area (Å²) in [4.78, 5) is 11.6. The van der Waals surface area contributed by atoms with Crippen LogP contribution < -0.4 is 5.32 Å². The topological polar surface area (TPSA) is 84.3 Å². The van der Waals surface area contributed by atoms with Crippen LogP contribution in [0.25, 0.3) is 0 Å². The van der Waals surface area contributed by atoms with Crippen LogP contribution in [0, 0.1) is 0 Å². The van der Waals surface area contributed by atoms with Gasteiger partial charge in [-0.25, -0.2) is 4.79 Å². The van der Waals surface area contributed by atoms with Gasteiger partial charge in [-0.1, -0.05) is 23.2 Å². The average molecular weight is 314 g/mol. The van der Waals surface area contributed by atoms with Gasteiger partial charge in [0.1, 0.15) is 5.56 Å². The molecule has 6 nitrogen and oxygen atoms in total. The zero-order valence-corrected chi connectivity index (χ0v) is 11.7. The minimum absolute atomic E-state index is 0.0848. The lowest BCUT2D eigenvalue weighted by molar-refractivity contribution is 0.0601. The number of hydrogen-bond donors (Lipinski definition) is 2. The number of halogens is 2. The van der Waals surface area contributed by atoms with Crippen LogP contribution in [0.5, 0.6) is 5.75 Å². The molecule has 2 rings (SSSR count).